The Hall–Kier alpha value is -3.27. The Balaban J connectivity index is 0.00000385. The van der Waals surface area contributed by atoms with Crippen molar-refractivity contribution in [1.82, 2.24) is 9.88 Å². The van der Waals surface area contributed by atoms with Crippen LogP contribution < -0.4 is 55.6 Å². The Morgan fingerprint density at radius 1 is 1.15 bits per heavy atom. The van der Waals surface area contributed by atoms with Gasteiger partial charge in [-0.15, -0.1) is 0 Å². The van der Waals surface area contributed by atoms with E-state index >= 15 is 0 Å². The monoisotopic (exact) mass is 459 g/mol. The minimum absolute atomic E-state index is 0. The van der Waals surface area contributed by atoms with Gasteiger partial charge in [0.05, 0.1) is 19.6 Å². The van der Waals surface area contributed by atoms with Crippen LogP contribution in [0.3, 0.4) is 0 Å². The van der Waals surface area contributed by atoms with Gasteiger partial charge >= 0.3 is 41.6 Å². The molecule has 0 aliphatic heterocycles. The molecule has 0 aliphatic carbocycles. The number of amides is 2. The maximum Gasteiger partial charge on any atom is 1.00 e. The number of ether oxygens (including phenoxy) is 1. The Kier molecular flexibility index (Phi) is 9.10. The molecule has 3 aromatic rings. The maximum absolute atomic E-state index is 12.5. The molecule has 10 heteroatoms. The number of pyridine rings is 1. The van der Waals surface area contributed by atoms with Gasteiger partial charge in [0.1, 0.15) is 11.4 Å². The number of aromatic nitrogens is 1. The molecular weight excluding hydrogens is 437 g/mol. The maximum atomic E-state index is 12.5. The first kappa shape index (κ1) is 26.0. The number of anilines is 1. The smallest absolute Gasteiger partial charge is 0.871 e. The van der Waals surface area contributed by atoms with Crippen molar-refractivity contribution in [3.05, 3.63) is 76.7 Å². The number of carbonyl (C=O) groups is 2. The fourth-order valence-electron chi connectivity index (χ4n) is 3.25. The average molecular weight is 459 g/mol. The molecule has 0 spiro atoms. The van der Waals surface area contributed by atoms with Gasteiger partial charge in [-0.1, -0.05) is 48.2 Å². The van der Waals surface area contributed by atoms with Gasteiger partial charge in [-0.3, -0.25) is 9.59 Å². The number of carboxylic acids is 1. The van der Waals surface area contributed by atoms with Gasteiger partial charge in [0, 0.05) is 18.8 Å². The summed E-state index contributed by atoms with van der Waals surface area (Å²) in [7, 11) is 2.98. The van der Waals surface area contributed by atoms with E-state index in [1.54, 1.807) is 18.2 Å². The van der Waals surface area contributed by atoms with Crippen LogP contribution in [0.2, 0.25) is 0 Å². The van der Waals surface area contributed by atoms with Crippen LogP contribution in [-0.4, -0.2) is 28.8 Å². The Bertz CT molecular complexity index is 1200. The third-order valence-corrected chi connectivity index (χ3v) is 4.86. The third kappa shape index (κ3) is 6.38. The summed E-state index contributed by atoms with van der Waals surface area (Å²) in [6, 6.07) is 13.8. The van der Waals surface area contributed by atoms with Crippen LogP contribution in [0.15, 0.2) is 65.6 Å². The van der Waals surface area contributed by atoms with Crippen LogP contribution >= 0.6 is 0 Å². The topological polar surface area (TPSA) is 133 Å². The number of aliphatic carboxylic acids is 1. The normalized spacial score (nSPS) is 11.1. The third-order valence-electron chi connectivity index (χ3n) is 4.86. The quantitative estimate of drug-likeness (QED) is 0.407. The van der Waals surface area contributed by atoms with Gasteiger partial charge in [0.15, 0.2) is 0 Å². The molecular formula is C23H22N3NaO6. The van der Waals surface area contributed by atoms with Gasteiger partial charge in [-0.25, -0.2) is 4.79 Å². The molecule has 9 nitrogen and oxygen atoms in total. The van der Waals surface area contributed by atoms with Crippen molar-refractivity contribution in [2.45, 2.75) is 12.5 Å². The Morgan fingerprint density at radius 2 is 1.85 bits per heavy atom. The minimum atomic E-state index is -1.13. The summed E-state index contributed by atoms with van der Waals surface area (Å²) in [5.41, 5.74) is 1.01. The van der Waals surface area contributed by atoms with Crippen LogP contribution in [0.5, 0.6) is 11.5 Å². The van der Waals surface area contributed by atoms with E-state index in [1.807, 2.05) is 30.3 Å². The number of benzene rings is 2. The van der Waals surface area contributed by atoms with E-state index in [4.69, 9.17) is 4.74 Å². The van der Waals surface area contributed by atoms with Crippen LogP contribution in [-0.2, 0) is 11.8 Å². The van der Waals surface area contributed by atoms with Gasteiger partial charge in [0.2, 0.25) is 0 Å². The number of urea groups is 1. The summed E-state index contributed by atoms with van der Waals surface area (Å²) in [5.74, 6) is -1.19. The summed E-state index contributed by atoms with van der Waals surface area (Å²) >= 11 is 0. The van der Waals surface area contributed by atoms with Crippen molar-refractivity contribution in [3.63, 3.8) is 0 Å². The van der Waals surface area contributed by atoms with Crippen LogP contribution in [0.25, 0.3) is 11.1 Å². The van der Waals surface area contributed by atoms with Crippen molar-refractivity contribution < 1.29 is 54.1 Å². The average Bonchev–Trinajstić information content (AvgIpc) is 2.78. The Morgan fingerprint density at radius 3 is 2.48 bits per heavy atom. The van der Waals surface area contributed by atoms with Crippen LogP contribution in [0, 0.1) is 0 Å². The summed E-state index contributed by atoms with van der Waals surface area (Å²) in [6.45, 7) is 0. The largest absolute Gasteiger partial charge is 1.00 e. The molecule has 3 N–H and O–H groups in total. The van der Waals surface area contributed by atoms with Gasteiger partial charge in [-0.2, -0.15) is 0 Å². The standard InChI is InChI=1S/C23H23N3O6.Na/c1-26-11-10-18(27)21(22(26)30)25-23(31)24-17(13-20(28)29)15-8-9-19(32-2)16(12-15)14-6-4-3-5-7-14;/h3-12,17,27H,13H2,1-2H3,(H,28,29)(H2,24,25,31);/q;+1/p-1/t17-;/m0./s1. The first-order valence-electron chi connectivity index (χ1n) is 9.69. The molecule has 166 valence electrons. The molecule has 0 saturated heterocycles. The van der Waals surface area contributed by atoms with Crippen molar-refractivity contribution in [2.75, 3.05) is 12.4 Å². The molecule has 0 aliphatic rings. The zero-order valence-electron chi connectivity index (χ0n) is 18.5. The molecule has 0 fully saturated rings. The zero-order chi connectivity index (χ0) is 23.3. The molecule has 1 atom stereocenters. The predicted molar refractivity (Wildman–Crippen MR) is 117 cm³/mol. The fraction of sp³-hybridized carbons (Fsp3) is 0.174. The van der Waals surface area contributed by atoms with Gasteiger partial charge < -0.3 is 30.2 Å². The summed E-state index contributed by atoms with van der Waals surface area (Å²) in [4.78, 5) is 36.1. The molecule has 33 heavy (non-hydrogen) atoms. The molecule has 0 unspecified atom stereocenters. The van der Waals surface area contributed by atoms with Crippen molar-refractivity contribution in [1.29, 1.82) is 0 Å². The number of carbonyl (C=O) groups excluding carboxylic acids is 1. The second-order valence-electron chi connectivity index (χ2n) is 7.05. The second kappa shape index (κ2) is 11.6. The number of methoxy groups -OCH3 is 1. The van der Waals surface area contributed by atoms with E-state index in [1.165, 1.54) is 20.4 Å². The fourth-order valence-corrected chi connectivity index (χ4v) is 3.25. The first-order valence-corrected chi connectivity index (χ1v) is 9.69. The molecule has 1 aromatic heterocycles. The van der Waals surface area contributed by atoms with Crippen LogP contribution in [0.1, 0.15) is 18.0 Å². The summed E-state index contributed by atoms with van der Waals surface area (Å²) < 4.78 is 6.58. The molecule has 0 bridgehead atoms. The van der Waals surface area contributed by atoms with Crippen molar-refractivity contribution in [2.24, 2.45) is 7.05 Å². The van der Waals surface area contributed by atoms with Crippen molar-refractivity contribution in [3.8, 4) is 22.6 Å². The van der Waals surface area contributed by atoms with E-state index in [-0.39, 0.29) is 29.6 Å². The molecule has 0 saturated carbocycles. The minimum Gasteiger partial charge on any atom is -0.871 e. The van der Waals surface area contributed by atoms with Crippen molar-refractivity contribution >= 4 is 17.7 Å². The van der Waals surface area contributed by atoms with Gasteiger partial charge in [0.25, 0.3) is 5.56 Å². The molecule has 0 radical (unpaired) electrons. The van der Waals surface area contributed by atoms with E-state index in [2.05, 4.69) is 10.6 Å². The number of hydrogen-bond acceptors (Lipinski definition) is 5. The van der Waals surface area contributed by atoms with E-state index in [0.29, 0.717) is 11.3 Å². The number of aryl methyl sites for hydroxylation is 1. The van der Waals surface area contributed by atoms with E-state index in [9.17, 15) is 24.6 Å². The molecule has 2 amide bonds. The van der Waals surface area contributed by atoms with E-state index < -0.39 is 41.5 Å². The van der Waals surface area contributed by atoms with E-state index in [0.717, 1.165) is 21.8 Å². The SMILES string of the molecule is COc1ccc([C@H](CC(=O)O)NC(=O)Nc2c([O-])ccn(C)c2=O)cc1-c1ccccc1.[Na+]. The number of hydrogen-bond donors (Lipinski definition) is 3. The first-order chi connectivity index (χ1) is 15.3. The summed E-state index contributed by atoms with van der Waals surface area (Å²) in [5, 5.41) is 26.1. The van der Waals surface area contributed by atoms with Crippen LogP contribution in [0.4, 0.5) is 10.5 Å². The predicted octanol–water partition coefficient (Wildman–Crippen LogP) is -0.524. The summed E-state index contributed by atoms with van der Waals surface area (Å²) in [6.07, 6.45) is 0.883. The zero-order valence-corrected chi connectivity index (χ0v) is 20.5. The number of nitrogens with one attached hydrogen (secondary N) is 2. The molecule has 3 rings (SSSR count). The molecule has 2 aromatic carbocycles. The van der Waals surface area contributed by atoms with Gasteiger partial charge in [-0.05, 0) is 23.3 Å². The second-order valence-corrected chi connectivity index (χ2v) is 7.05. The number of nitrogens with zero attached hydrogens (tertiary/aromatic N) is 1. The Labute approximate surface area is 212 Å². The number of rotatable bonds is 7. The molecule has 1 heterocycles. The number of carboxylic acid groups (broad SMARTS) is 1.